The minimum atomic E-state index is -0.0622. The van der Waals surface area contributed by atoms with Crippen molar-refractivity contribution in [2.24, 2.45) is 0 Å². The topological polar surface area (TPSA) is 232 Å². The molecule has 4 unspecified atom stereocenters. The zero-order valence-electron chi connectivity index (χ0n) is 54.6. The minimum absolute atomic E-state index is 0. The average Bonchev–Trinajstić information content (AvgIpc) is 2.61. The van der Waals surface area contributed by atoms with Crippen molar-refractivity contribution in [2.75, 3.05) is 61.2 Å². The van der Waals surface area contributed by atoms with Crippen LogP contribution in [-0.4, -0.2) is 138 Å². The molecule has 0 saturated heterocycles. The lowest BCUT2D eigenvalue weighted by molar-refractivity contribution is -0.123. The molecular formula is C75H153N5O11. The third-order valence-corrected chi connectivity index (χ3v) is 14.6. The molecule has 1 amide bonds. The van der Waals surface area contributed by atoms with Gasteiger partial charge in [-0.1, -0.05) is 175 Å². The molecule has 4 atom stereocenters. The second kappa shape index (κ2) is 80.0. The summed E-state index contributed by atoms with van der Waals surface area (Å²) in [5.74, 6) is 1.68. The number of benzene rings is 1. The van der Waals surface area contributed by atoms with Crippen molar-refractivity contribution >= 4 is 52.2 Å². The van der Waals surface area contributed by atoms with Crippen LogP contribution < -0.4 is 26.6 Å². The highest BCUT2D eigenvalue weighted by Crippen LogP contribution is 2.13. The monoisotopic (exact) mass is 1300 g/mol. The molecule has 0 aliphatic rings. The zero-order valence-corrected chi connectivity index (χ0v) is 54.6. The van der Waals surface area contributed by atoms with E-state index < -0.39 is 0 Å². The Morgan fingerprint density at radius 2 is 0.670 bits per heavy atom. The summed E-state index contributed by atoms with van der Waals surface area (Å²) in [7, 11) is 7.23. The van der Waals surface area contributed by atoms with Gasteiger partial charge in [-0.25, -0.2) is 0 Å². The Hall–Kier alpha value is -4.19. The molecule has 0 bridgehead atoms. The van der Waals surface area contributed by atoms with E-state index in [1.807, 2.05) is 26.2 Å². The highest BCUT2D eigenvalue weighted by molar-refractivity contribution is 5.85. The lowest BCUT2D eigenvalue weighted by Gasteiger charge is -2.12. The van der Waals surface area contributed by atoms with Gasteiger partial charge in [0, 0.05) is 58.1 Å². The van der Waals surface area contributed by atoms with Crippen LogP contribution in [0.3, 0.4) is 0 Å². The van der Waals surface area contributed by atoms with Crippen molar-refractivity contribution in [1.29, 1.82) is 0 Å². The van der Waals surface area contributed by atoms with E-state index in [2.05, 4.69) is 59.5 Å². The maximum atomic E-state index is 11.9. The minimum Gasteiger partial charge on any atom is -0.379 e. The Bertz CT molecular complexity index is 1840. The van der Waals surface area contributed by atoms with E-state index in [4.69, 9.17) is 9.47 Å². The van der Waals surface area contributed by atoms with Gasteiger partial charge < -0.3 is 40.9 Å². The fourth-order valence-corrected chi connectivity index (χ4v) is 8.96. The molecule has 0 aromatic heterocycles. The molecule has 16 nitrogen and oxygen atoms in total. The summed E-state index contributed by atoms with van der Waals surface area (Å²) in [4.78, 5) is 102. The summed E-state index contributed by atoms with van der Waals surface area (Å²) < 4.78 is 10.8. The fourth-order valence-electron chi connectivity index (χ4n) is 8.96. The quantitative estimate of drug-likeness (QED) is 0.0382. The van der Waals surface area contributed by atoms with E-state index in [9.17, 15) is 43.2 Å². The zero-order chi connectivity index (χ0) is 62.9. The second-order valence-corrected chi connectivity index (χ2v) is 22.1. The van der Waals surface area contributed by atoms with Gasteiger partial charge in [-0.2, -0.15) is 0 Å². The van der Waals surface area contributed by atoms with Crippen LogP contribution in [0.2, 0.25) is 0 Å². The maximum absolute atomic E-state index is 11.9. The van der Waals surface area contributed by atoms with Crippen LogP contribution in [0.4, 0.5) is 0 Å². The van der Waals surface area contributed by atoms with E-state index in [1.54, 1.807) is 41.8 Å². The number of likely N-dealkylation sites (N-methyl/N-ethyl adjacent to an activating group) is 4. The molecule has 0 fully saturated rings. The summed E-state index contributed by atoms with van der Waals surface area (Å²) in [6.07, 6.45) is 27.5. The van der Waals surface area contributed by atoms with Gasteiger partial charge in [-0.3, -0.25) is 38.4 Å². The van der Waals surface area contributed by atoms with Crippen LogP contribution in [0.5, 0.6) is 0 Å². The normalized spacial score (nSPS) is 11.1. The van der Waals surface area contributed by atoms with Gasteiger partial charge in [0.1, 0.15) is 46.3 Å². The Kier molecular flexibility index (Phi) is 97.8. The summed E-state index contributed by atoms with van der Waals surface area (Å²) in [6, 6.07) is 8.00. The number of amides is 1. The van der Waals surface area contributed by atoms with Gasteiger partial charge in [0.15, 0.2) is 0 Å². The Morgan fingerprint density at radius 1 is 0.352 bits per heavy atom. The van der Waals surface area contributed by atoms with Crippen molar-refractivity contribution in [1.82, 2.24) is 26.6 Å². The van der Waals surface area contributed by atoms with Crippen LogP contribution in [-0.2, 0) is 65.5 Å². The second-order valence-electron chi connectivity index (χ2n) is 22.1. The Labute approximate surface area is 563 Å². The maximum Gasteiger partial charge on any atom is 0.224 e. The number of carbonyl (C=O) groups excluding carboxylic acids is 9. The number of Topliss-reactive ketones (excluding diaryl/α,β-unsaturated/α-hetero) is 8. The van der Waals surface area contributed by atoms with Crippen molar-refractivity contribution in [2.45, 2.75) is 338 Å². The molecule has 0 radical (unpaired) electrons. The smallest absolute Gasteiger partial charge is 0.224 e. The van der Waals surface area contributed by atoms with E-state index in [1.165, 1.54) is 38.2 Å². The van der Waals surface area contributed by atoms with Gasteiger partial charge in [-0.15, -0.1) is 0 Å². The van der Waals surface area contributed by atoms with Crippen molar-refractivity contribution in [3.63, 3.8) is 0 Å². The number of unbranched alkanes of at least 4 members (excludes halogenated alkanes) is 12. The van der Waals surface area contributed by atoms with E-state index in [0.717, 1.165) is 147 Å². The first kappa shape index (κ1) is 111. The Morgan fingerprint density at radius 3 is 1.01 bits per heavy atom. The number of ketones is 8. The Balaban J connectivity index is -0.000000102. The molecule has 1 aromatic carbocycles. The highest BCUT2D eigenvalue weighted by atomic mass is 16.5. The van der Waals surface area contributed by atoms with Crippen molar-refractivity contribution in [3.8, 4) is 0 Å². The molecule has 1 rings (SSSR count). The molecule has 0 spiro atoms. The van der Waals surface area contributed by atoms with Crippen molar-refractivity contribution in [3.05, 3.63) is 35.4 Å². The summed E-state index contributed by atoms with van der Waals surface area (Å²) >= 11 is 0. The summed E-state index contributed by atoms with van der Waals surface area (Å²) in [5, 5.41) is 15.0. The van der Waals surface area contributed by atoms with Crippen LogP contribution in [0.25, 0.3) is 0 Å². The first-order valence-corrected chi connectivity index (χ1v) is 32.0. The molecule has 91 heavy (non-hydrogen) atoms. The number of hydrogen-bond acceptors (Lipinski definition) is 15. The van der Waals surface area contributed by atoms with Crippen LogP contribution in [0, 0.1) is 0 Å². The molecule has 544 valence electrons. The number of rotatable bonds is 52. The van der Waals surface area contributed by atoms with Crippen molar-refractivity contribution < 1.29 is 52.6 Å². The lowest BCUT2D eigenvalue weighted by atomic mass is 10.0. The van der Waals surface area contributed by atoms with Crippen LogP contribution >= 0.6 is 0 Å². The number of hydrogen-bond donors (Lipinski definition) is 5. The molecular weight excluding hydrogens is 1150 g/mol. The van der Waals surface area contributed by atoms with Gasteiger partial charge >= 0.3 is 0 Å². The molecule has 5 N–H and O–H groups in total. The lowest BCUT2D eigenvalue weighted by Crippen LogP contribution is -2.32. The molecule has 0 aliphatic heterocycles. The molecule has 16 heteroatoms. The first-order valence-electron chi connectivity index (χ1n) is 32.0. The summed E-state index contributed by atoms with van der Waals surface area (Å²) in [6.45, 7) is 17.5. The number of ether oxygens (including phenoxy) is 2. The first-order chi connectivity index (χ1) is 39.8. The molecule has 0 aliphatic carbocycles. The number of aryl methyl sites for hydroxylation is 1. The third-order valence-electron chi connectivity index (χ3n) is 14.6. The van der Waals surface area contributed by atoms with Gasteiger partial charge in [-0.05, 0) is 151 Å². The fraction of sp³-hybridized carbons (Fsp3) is 0.800. The van der Waals surface area contributed by atoms with E-state index in [-0.39, 0.29) is 130 Å². The van der Waals surface area contributed by atoms with Crippen LogP contribution in [0.1, 0.15) is 312 Å². The van der Waals surface area contributed by atoms with Crippen LogP contribution in [0.15, 0.2) is 24.3 Å². The van der Waals surface area contributed by atoms with E-state index in [0.29, 0.717) is 70.7 Å². The van der Waals surface area contributed by atoms with Gasteiger partial charge in [0.05, 0.1) is 50.4 Å². The standard InChI is InChI=1S/C18H28N2O2.C18H35NO4.C17H33NO2.C14H25NO3.8CH4/c1-4-15-8-10-16(11-9-15)13-18(22)20-12-6-5-7-17(19-3)14(2)21;1-4-5-12-22-14-15-23-13-11-17(21)9-7-6-8-10-18(19-3)16(2)20;1-4-5-6-7-9-12-16(20)13-10-8-11-14-17(18-3)15(2)19;1-11(16)9-10-13(18)7-5-4-6-8-14(15-3)12(2)17;;;;;;;;/h8-11,17,19H,4-7,12-13H2,1-3H3,(H,20,22);18-19H,4-15H2,1-3H3;17-18H,4-14H2,1-3H3;14-15H,4-10H2,1-3H3;8*1H4. The average molecular weight is 1300 g/mol. The van der Waals surface area contributed by atoms with E-state index >= 15 is 0 Å². The molecule has 0 saturated carbocycles. The highest BCUT2D eigenvalue weighted by Gasteiger charge is 2.14. The largest absolute Gasteiger partial charge is 0.379 e. The third kappa shape index (κ3) is 74.7. The molecule has 0 heterocycles. The SMILES string of the molecule is C.C.C.C.C.C.C.C.CCCCCCCC(=O)CCCCCC(NC)C(C)=O.CCCCOCCOCCC(=O)CCCCCC(NC)C(C)=O.CCc1ccc(CC(=O)NCCCCC(NC)C(C)=O)cc1.CNC(CCCCCC(=O)CCC(C)=O)C(C)=O. The predicted molar refractivity (Wildman–Crippen MR) is 393 cm³/mol. The number of carbonyl (C=O) groups is 9. The summed E-state index contributed by atoms with van der Waals surface area (Å²) in [5.41, 5.74) is 2.33. The number of nitrogens with one attached hydrogen (secondary N) is 5. The molecule has 1 aromatic rings. The van der Waals surface area contributed by atoms with Gasteiger partial charge in [0.25, 0.3) is 0 Å². The predicted octanol–water partition coefficient (Wildman–Crippen LogP) is 16.3. The van der Waals surface area contributed by atoms with Gasteiger partial charge in [0.2, 0.25) is 5.91 Å².